The van der Waals surface area contributed by atoms with E-state index in [0.717, 1.165) is 0 Å². The third kappa shape index (κ3) is 3.17. The van der Waals surface area contributed by atoms with Gasteiger partial charge in [-0.15, -0.1) is 0 Å². The second-order valence-electron chi connectivity index (χ2n) is 4.29. The summed E-state index contributed by atoms with van der Waals surface area (Å²) in [7, 11) is -3.61. The average Bonchev–Trinajstić information content (AvgIpc) is 2.28. The van der Waals surface area contributed by atoms with Crippen LogP contribution in [0.25, 0.3) is 0 Å². The minimum atomic E-state index is -3.61. The summed E-state index contributed by atoms with van der Waals surface area (Å²) < 4.78 is 27.0. The molecule has 1 aromatic heterocycles. The summed E-state index contributed by atoms with van der Waals surface area (Å²) in [6.45, 7) is 5.76. The van der Waals surface area contributed by atoms with Crippen molar-refractivity contribution in [3.05, 3.63) is 18.5 Å². The molecule has 17 heavy (non-hydrogen) atoms. The lowest BCUT2D eigenvalue weighted by Crippen LogP contribution is -2.45. The molecule has 0 unspecified atom stereocenters. The molecule has 5 nitrogen and oxygen atoms in total. The van der Waals surface area contributed by atoms with Gasteiger partial charge in [-0.25, -0.2) is 13.1 Å². The van der Waals surface area contributed by atoms with Crippen molar-refractivity contribution >= 4 is 15.7 Å². The summed E-state index contributed by atoms with van der Waals surface area (Å²) in [5.74, 6) is 0. The van der Waals surface area contributed by atoms with Gasteiger partial charge in [0.2, 0.25) is 10.0 Å². The third-order valence-electron chi connectivity index (χ3n) is 3.05. The average molecular weight is 257 g/mol. The Morgan fingerprint density at radius 2 is 2.00 bits per heavy atom. The van der Waals surface area contributed by atoms with Crippen LogP contribution in [0.4, 0.5) is 5.69 Å². The SMILES string of the molecule is CCC(C)(CC)NS(=O)(=O)c1cnccc1N. The van der Waals surface area contributed by atoms with Crippen molar-refractivity contribution in [3.8, 4) is 0 Å². The molecular weight excluding hydrogens is 238 g/mol. The van der Waals surface area contributed by atoms with Gasteiger partial charge in [0.15, 0.2) is 0 Å². The van der Waals surface area contributed by atoms with Crippen LogP contribution in [0.5, 0.6) is 0 Å². The topological polar surface area (TPSA) is 85.1 Å². The predicted molar refractivity (Wildman–Crippen MR) is 68.0 cm³/mol. The Morgan fingerprint density at radius 1 is 1.41 bits per heavy atom. The van der Waals surface area contributed by atoms with Crippen molar-refractivity contribution in [1.82, 2.24) is 9.71 Å². The Bertz CT molecular complexity index is 481. The molecule has 0 saturated carbocycles. The van der Waals surface area contributed by atoms with E-state index in [2.05, 4.69) is 9.71 Å². The van der Waals surface area contributed by atoms with E-state index in [1.54, 1.807) is 0 Å². The van der Waals surface area contributed by atoms with Crippen LogP contribution in [0.3, 0.4) is 0 Å². The van der Waals surface area contributed by atoms with Gasteiger partial charge in [0.25, 0.3) is 0 Å². The van der Waals surface area contributed by atoms with Gasteiger partial charge >= 0.3 is 0 Å². The molecule has 0 radical (unpaired) electrons. The number of hydrogen-bond acceptors (Lipinski definition) is 4. The maximum absolute atomic E-state index is 12.2. The quantitative estimate of drug-likeness (QED) is 0.837. The van der Waals surface area contributed by atoms with Gasteiger partial charge in [-0.05, 0) is 25.8 Å². The Kier molecular flexibility index (Phi) is 4.11. The maximum atomic E-state index is 12.2. The van der Waals surface area contributed by atoms with E-state index >= 15 is 0 Å². The molecule has 0 amide bonds. The molecule has 0 fully saturated rings. The zero-order valence-corrected chi connectivity index (χ0v) is 11.2. The number of aromatic nitrogens is 1. The van der Waals surface area contributed by atoms with Gasteiger partial charge in [-0.3, -0.25) is 4.98 Å². The molecule has 0 aromatic carbocycles. The number of pyridine rings is 1. The fraction of sp³-hybridized carbons (Fsp3) is 0.545. The number of anilines is 1. The minimum absolute atomic E-state index is 0.0353. The molecule has 1 heterocycles. The number of hydrogen-bond donors (Lipinski definition) is 2. The fourth-order valence-electron chi connectivity index (χ4n) is 1.39. The lowest BCUT2D eigenvalue weighted by atomic mass is 9.98. The van der Waals surface area contributed by atoms with Gasteiger partial charge in [-0.1, -0.05) is 13.8 Å². The standard InChI is InChI=1S/C11H19N3O2S/c1-4-11(3,5-2)14-17(15,16)10-8-13-7-6-9(10)12/h6-8,14H,4-5H2,1-3H3,(H2,12,13). The highest BCUT2D eigenvalue weighted by Gasteiger charge is 2.28. The highest BCUT2D eigenvalue weighted by molar-refractivity contribution is 7.89. The lowest BCUT2D eigenvalue weighted by molar-refractivity contribution is 0.389. The number of rotatable bonds is 5. The van der Waals surface area contributed by atoms with Crippen LogP contribution >= 0.6 is 0 Å². The first-order valence-corrected chi connectivity index (χ1v) is 7.06. The van der Waals surface area contributed by atoms with E-state index in [1.165, 1.54) is 18.5 Å². The number of nitrogens with one attached hydrogen (secondary N) is 1. The van der Waals surface area contributed by atoms with Gasteiger partial charge in [0.1, 0.15) is 4.90 Å². The highest BCUT2D eigenvalue weighted by Crippen LogP contribution is 2.21. The molecule has 0 spiro atoms. The molecule has 0 aliphatic carbocycles. The number of nitrogen functional groups attached to an aromatic ring is 1. The van der Waals surface area contributed by atoms with E-state index in [9.17, 15) is 8.42 Å². The highest BCUT2D eigenvalue weighted by atomic mass is 32.2. The summed E-state index contributed by atoms with van der Waals surface area (Å²) in [6, 6.07) is 1.48. The molecule has 0 aliphatic heterocycles. The summed E-state index contributed by atoms with van der Waals surface area (Å²) in [5, 5.41) is 0. The van der Waals surface area contributed by atoms with E-state index in [-0.39, 0.29) is 10.6 Å². The molecule has 3 N–H and O–H groups in total. The van der Waals surface area contributed by atoms with Crippen LogP contribution in [-0.4, -0.2) is 18.9 Å². The summed E-state index contributed by atoms with van der Waals surface area (Å²) >= 11 is 0. The van der Waals surface area contributed by atoms with Crippen LogP contribution in [0, 0.1) is 0 Å². The number of nitrogens with two attached hydrogens (primary N) is 1. The van der Waals surface area contributed by atoms with Crippen molar-refractivity contribution in [2.75, 3.05) is 5.73 Å². The van der Waals surface area contributed by atoms with E-state index < -0.39 is 15.6 Å². The van der Waals surface area contributed by atoms with Crippen molar-refractivity contribution < 1.29 is 8.42 Å². The first-order valence-electron chi connectivity index (χ1n) is 5.58. The Labute approximate surface area is 102 Å². The largest absolute Gasteiger partial charge is 0.398 e. The van der Waals surface area contributed by atoms with Gasteiger partial charge in [-0.2, -0.15) is 0 Å². The maximum Gasteiger partial charge on any atom is 0.244 e. The van der Waals surface area contributed by atoms with E-state index in [4.69, 9.17) is 5.73 Å². The first kappa shape index (κ1) is 13.9. The van der Waals surface area contributed by atoms with Crippen molar-refractivity contribution in [3.63, 3.8) is 0 Å². The molecule has 1 rings (SSSR count). The van der Waals surface area contributed by atoms with Gasteiger partial charge in [0.05, 0.1) is 5.69 Å². The number of nitrogens with zero attached hydrogens (tertiary/aromatic N) is 1. The van der Waals surface area contributed by atoms with Crippen LogP contribution in [0.2, 0.25) is 0 Å². The molecule has 0 atom stereocenters. The van der Waals surface area contributed by atoms with Crippen LogP contribution < -0.4 is 10.5 Å². The second-order valence-corrected chi connectivity index (χ2v) is 5.94. The van der Waals surface area contributed by atoms with Crippen LogP contribution in [0.15, 0.2) is 23.4 Å². The fourth-order valence-corrected chi connectivity index (χ4v) is 3.01. The van der Waals surface area contributed by atoms with Gasteiger partial charge < -0.3 is 5.73 Å². The predicted octanol–water partition coefficient (Wildman–Crippen LogP) is 1.52. The minimum Gasteiger partial charge on any atom is -0.398 e. The Balaban J connectivity index is 3.10. The molecule has 6 heteroatoms. The molecule has 1 aromatic rings. The van der Waals surface area contributed by atoms with E-state index in [0.29, 0.717) is 12.8 Å². The first-order chi connectivity index (χ1) is 7.84. The van der Waals surface area contributed by atoms with Crippen LogP contribution in [0.1, 0.15) is 33.6 Å². The number of sulfonamides is 1. The van der Waals surface area contributed by atoms with Crippen molar-refractivity contribution in [1.29, 1.82) is 0 Å². The van der Waals surface area contributed by atoms with Crippen molar-refractivity contribution in [2.45, 2.75) is 44.0 Å². The Hall–Kier alpha value is -1.14. The molecular formula is C11H19N3O2S. The lowest BCUT2D eigenvalue weighted by Gasteiger charge is -2.27. The summed E-state index contributed by atoms with van der Waals surface area (Å²) in [6.07, 6.45) is 4.16. The smallest absolute Gasteiger partial charge is 0.244 e. The molecule has 0 bridgehead atoms. The Morgan fingerprint density at radius 3 is 2.47 bits per heavy atom. The van der Waals surface area contributed by atoms with Crippen LogP contribution in [-0.2, 0) is 10.0 Å². The van der Waals surface area contributed by atoms with Crippen molar-refractivity contribution in [2.24, 2.45) is 0 Å². The van der Waals surface area contributed by atoms with E-state index in [1.807, 2.05) is 20.8 Å². The normalized spacial score (nSPS) is 12.6. The molecule has 0 saturated heterocycles. The zero-order chi connectivity index (χ0) is 13.1. The van der Waals surface area contributed by atoms with Gasteiger partial charge in [0, 0.05) is 17.9 Å². The zero-order valence-electron chi connectivity index (χ0n) is 10.4. The third-order valence-corrected chi connectivity index (χ3v) is 4.73. The monoisotopic (exact) mass is 257 g/mol. The molecule has 96 valence electrons. The second kappa shape index (κ2) is 5.01. The summed E-state index contributed by atoms with van der Waals surface area (Å²) in [5.41, 5.74) is 5.40. The molecule has 0 aliphatic rings. The summed E-state index contributed by atoms with van der Waals surface area (Å²) in [4.78, 5) is 3.83.